The summed E-state index contributed by atoms with van der Waals surface area (Å²) in [6.07, 6.45) is 0. The van der Waals surface area contributed by atoms with Gasteiger partial charge < -0.3 is 15.2 Å². The Morgan fingerprint density at radius 1 is 1.28 bits per heavy atom. The molecule has 0 spiro atoms. The van der Waals surface area contributed by atoms with E-state index in [9.17, 15) is 0 Å². The highest BCUT2D eigenvalue weighted by Gasteiger charge is 2.15. The molecule has 0 unspecified atom stereocenters. The molecular weight excluding hydrogens is 232 g/mol. The fourth-order valence-electron chi connectivity index (χ4n) is 1.96. The van der Waals surface area contributed by atoms with E-state index in [-0.39, 0.29) is 0 Å². The van der Waals surface area contributed by atoms with Gasteiger partial charge in [-0.25, -0.2) is 9.67 Å². The minimum atomic E-state index is 0.332. The average Bonchev–Trinajstić information content (AvgIpc) is 2.79. The summed E-state index contributed by atoms with van der Waals surface area (Å²) in [5, 5.41) is 4.23. The third kappa shape index (κ3) is 1.80. The van der Waals surface area contributed by atoms with E-state index in [1.165, 1.54) is 0 Å². The lowest BCUT2D eigenvalue weighted by atomic mass is 10.2. The summed E-state index contributed by atoms with van der Waals surface area (Å²) in [5.41, 5.74) is 6.48. The molecule has 0 saturated heterocycles. The summed E-state index contributed by atoms with van der Waals surface area (Å²) in [7, 11) is 1.85. The van der Waals surface area contributed by atoms with Crippen molar-refractivity contribution in [3.63, 3.8) is 0 Å². The van der Waals surface area contributed by atoms with Crippen LogP contribution in [0.4, 0.5) is 0 Å². The van der Waals surface area contributed by atoms with E-state index in [2.05, 4.69) is 10.1 Å². The van der Waals surface area contributed by atoms with Crippen LogP contribution in [0, 0.1) is 0 Å². The van der Waals surface area contributed by atoms with Crippen LogP contribution in [0.5, 0.6) is 11.5 Å². The topological polar surface area (TPSA) is 75.2 Å². The highest BCUT2D eigenvalue weighted by molar-refractivity contribution is 5.61. The van der Waals surface area contributed by atoms with Gasteiger partial charge in [-0.1, -0.05) is 0 Å². The number of nitrogens with zero attached hydrogens (tertiary/aromatic N) is 3. The number of ether oxygens (including phenoxy) is 2. The van der Waals surface area contributed by atoms with E-state index < -0.39 is 0 Å². The first-order valence-electron chi connectivity index (χ1n) is 5.78. The van der Waals surface area contributed by atoms with Gasteiger partial charge >= 0.3 is 0 Å². The normalized spacial score (nSPS) is 13.7. The number of hydrogen-bond acceptors (Lipinski definition) is 5. The standard InChI is InChI=1S/C12H14N4O2/c1-16-12(14-11(7-13)15-16)8-2-3-9-10(6-8)18-5-4-17-9/h2-3,6H,4-5,7,13H2,1H3. The zero-order valence-corrected chi connectivity index (χ0v) is 10.1. The Morgan fingerprint density at radius 2 is 2.06 bits per heavy atom. The van der Waals surface area contributed by atoms with E-state index in [4.69, 9.17) is 15.2 Å². The first-order chi connectivity index (χ1) is 8.78. The maximum absolute atomic E-state index is 5.55. The molecule has 0 atom stereocenters. The molecule has 18 heavy (non-hydrogen) atoms. The zero-order valence-electron chi connectivity index (χ0n) is 10.1. The van der Waals surface area contributed by atoms with Gasteiger partial charge in [0.1, 0.15) is 13.2 Å². The summed E-state index contributed by atoms with van der Waals surface area (Å²) in [6.45, 7) is 1.50. The maximum Gasteiger partial charge on any atom is 0.164 e. The third-order valence-corrected chi connectivity index (χ3v) is 2.79. The molecule has 2 aromatic rings. The number of rotatable bonds is 2. The molecule has 0 fully saturated rings. The largest absolute Gasteiger partial charge is 0.486 e. The van der Waals surface area contributed by atoms with Crippen LogP contribution in [0.1, 0.15) is 5.82 Å². The first kappa shape index (κ1) is 11.0. The van der Waals surface area contributed by atoms with E-state index in [1.54, 1.807) is 4.68 Å². The Bertz CT molecular complexity index is 579. The summed E-state index contributed by atoms with van der Waals surface area (Å²) in [4.78, 5) is 4.38. The minimum Gasteiger partial charge on any atom is -0.486 e. The molecule has 2 heterocycles. The zero-order chi connectivity index (χ0) is 12.5. The quantitative estimate of drug-likeness (QED) is 0.844. The molecule has 0 saturated carbocycles. The maximum atomic E-state index is 5.55. The van der Waals surface area contributed by atoms with Crippen molar-refractivity contribution in [3.8, 4) is 22.9 Å². The summed E-state index contributed by atoms with van der Waals surface area (Å²) in [6, 6.07) is 5.75. The highest BCUT2D eigenvalue weighted by Crippen LogP contribution is 2.33. The molecule has 0 aliphatic carbocycles. The molecule has 3 rings (SSSR count). The van der Waals surface area contributed by atoms with Gasteiger partial charge in [-0.05, 0) is 18.2 Å². The van der Waals surface area contributed by atoms with Crippen molar-refractivity contribution >= 4 is 0 Å². The van der Waals surface area contributed by atoms with Crippen molar-refractivity contribution < 1.29 is 9.47 Å². The van der Waals surface area contributed by atoms with Gasteiger partial charge in [0.15, 0.2) is 23.1 Å². The highest BCUT2D eigenvalue weighted by atomic mass is 16.6. The van der Waals surface area contributed by atoms with Gasteiger partial charge in [-0.2, -0.15) is 5.10 Å². The minimum absolute atomic E-state index is 0.332. The van der Waals surface area contributed by atoms with Crippen LogP contribution >= 0.6 is 0 Å². The smallest absolute Gasteiger partial charge is 0.164 e. The van der Waals surface area contributed by atoms with Crippen LogP contribution in [0.3, 0.4) is 0 Å². The lowest BCUT2D eigenvalue weighted by Gasteiger charge is -2.18. The van der Waals surface area contributed by atoms with Crippen molar-refractivity contribution in [2.75, 3.05) is 13.2 Å². The van der Waals surface area contributed by atoms with Gasteiger partial charge in [0, 0.05) is 12.6 Å². The molecule has 1 aromatic carbocycles. The Hall–Kier alpha value is -2.08. The van der Waals surface area contributed by atoms with Crippen molar-refractivity contribution in [2.24, 2.45) is 12.8 Å². The predicted molar refractivity (Wildman–Crippen MR) is 65.3 cm³/mol. The second-order valence-electron chi connectivity index (χ2n) is 4.04. The molecule has 2 N–H and O–H groups in total. The molecule has 94 valence electrons. The van der Waals surface area contributed by atoms with Crippen LogP contribution in [0.2, 0.25) is 0 Å². The van der Waals surface area contributed by atoms with Gasteiger partial charge in [0.2, 0.25) is 0 Å². The van der Waals surface area contributed by atoms with Crippen LogP contribution in [0.25, 0.3) is 11.4 Å². The van der Waals surface area contributed by atoms with E-state index >= 15 is 0 Å². The monoisotopic (exact) mass is 246 g/mol. The second-order valence-corrected chi connectivity index (χ2v) is 4.04. The number of nitrogens with two attached hydrogens (primary N) is 1. The lowest BCUT2D eigenvalue weighted by molar-refractivity contribution is 0.171. The summed E-state index contributed by atoms with van der Waals surface area (Å²) < 4.78 is 12.8. The number of benzene rings is 1. The molecule has 6 nitrogen and oxygen atoms in total. The number of hydrogen-bond donors (Lipinski definition) is 1. The van der Waals surface area contributed by atoms with Crippen molar-refractivity contribution in [3.05, 3.63) is 24.0 Å². The number of fused-ring (bicyclic) bond motifs is 1. The Balaban J connectivity index is 2.03. The molecule has 0 amide bonds. The van der Waals surface area contributed by atoms with Crippen molar-refractivity contribution in [2.45, 2.75) is 6.54 Å². The van der Waals surface area contributed by atoms with Gasteiger partial charge in [0.25, 0.3) is 0 Å². The Labute approximate surface area is 104 Å². The van der Waals surface area contributed by atoms with Crippen LogP contribution < -0.4 is 15.2 Å². The van der Waals surface area contributed by atoms with Crippen molar-refractivity contribution in [1.82, 2.24) is 14.8 Å². The van der Waals surface area contributed by atoms with Crippen LogP contribution in [0.15, 0.2) is 18.2 Å². The molecular formula is C12H14N4O2. The molecule has 6 heteroatoms. The Kier molecular flexibility index (Phi) is 2.64. The third-order valence-electron chi connectivity index (χ3n) is 2.79. The van der Waals surface area contributed by atoms with Gasteiger partial charge in [0.05, 0.1) is 6.54 Å². The molecule has 0 bridgehead atoms. The van der Waals surface area contributed by atoms with Gasteiger partial charge in [-0.3, -0.25) is 0 Å². The fraction of sp³-hybridized carbons (Fsp3) is 0.333. The number of aryl methyl sites for hydroxylation is 1. The average molecular weight is 246 g/mol. The van der Waals surface area contributed by atoms with Gasteiger partial charge in [-0.15, -0.1) is 0 Å². The molecule has 1 aliphatic heterocycles. The SMILES string of the molecule is Cn1nc(CN)nc1-c1ccc2c(c1)OCCO2. The summed E-state index contributed by atoms with van der Waals surface area (Å²) in [5.74, 6) is 2.91. The lowest BCUT2D eigenvalue weighted by Crippen LogP contribution is -2.15. The van der Waals surface area contributed by atoms with Crippen LogP contribution in [-0.4, -0.2) is 28.0 Å². The first-order valence-corrected chi connectivity index (χ1v) is 5.78. The predicted octanol–water partition coefficient (Wildman–Crippen LogP) is 0.712. The van der Waals surface area contributed by atoms with E-state index in [1.807, 2.05) is 25.2 Å². The second kappa shape index (κ2) is 4.30. The fourth-order valence-corrected chi connectivity index (χ4v) is 1.96. The van der Waals surface area contributed by atoms with Crippen LogP contribution in [-0.2, 0) is 13.6 Å². The Morgan fingerprint density at radius 3 is 2.78 bits per heavy atom. The summed E-state index contributed by atoms with van der Waals surface area (Å²) >= 11 is 0. The number of aromatic nitrogens is 3. The molecule has 0 radical (unpaired) electrons. The molecule has 1 aromatic heterocycles. The molecule has 1 aliphatic rings. The van der Waals surface area contributed by atoms with E-state index in [0.29, 0.717) is 25.6 Å². The van der Waals surface area contributed by atoms with Crippen molar-refractivity contribution in [1.29, 1.82) is 0 Å². The van der Waals surface area contributed by atoms with E-state index in [0.717, 1.165) is 22.9 Å².